The van der Waals surface area contributed by atoms with Crippen molar-refractivity contribution in [1.82, 2.24) is 4.90 Å². The van der Waals surface area contributed by atoms with Gasteiger partial charge in [-0.15, -0.1) is 0 Å². The molecule has 0 saturated carbocycles. The lowest BCUT2D eigenvalue weighted by Gasteiger charge is -2.22. The lowest BCUT2D eigenvalue weighted by Crippen LogP contribution is -2.35. The number of halogens is 1. The molecule has 1 aromatic rings. The second kappa shape index (κ2) is 6.35. The minimum Gasteiger partial charge on any atom is -0.369 e. The number of hydrogen-bond donors (Lipinski definition) is 1. The molecule has 0 aliphatic heterocycles. The molecule has 17 heavy (non-hydrogen) atoms. The maximum atomic E-state index is 12.8. The van der Waals surface area contributed by atoms with E-state index in [0.29, 0.717) is 12.5 Å². The van der Waals surface area contributed by atoms with Crippen molar-refractivity contribution in [3.63, 3.8) is 0 Å². The molecule has 94 valence electrons. The van der Waals surface area contributed by atoms with E-state index in [9.17, 15) is 9.18 Å². The molecule has 0 heterocycles. The van der Waals surface area contributed by atoms with Gasteiger partial charge in [-0.3, -0.25) is 9.69 Å². The Balaban J connectivity index is 2.64. The molecule has 0 spiro atoms. The first-order valence-electron chi connectivity index (χ1n) is 5.72. The molecule has 0 fully saturated rings. The molecule has 1 amide bonds. The molecule has 0 unspecified atom stereocenters. The predicted molar refractivity (Wildman–Crippen MR) is 65.7 cm³/mol. The van der Waals surface area contributed by atoms with Crippen molar-refractivity contribution in [3.8, 4) is 0 Å². The smallest absolute Gasteiger partial charge is 0.231 e. The van der Waals surface area contributed by atoms with E-state index in [1.807, 2.05) is 4.90 Å². The van der Waals surface area contributed by atoms with Crippen molar-refractivity contribution >= 4 is 5.91 Å². The van der Waals surface area contributed by atoms with Crippen LogP contribution in [0.3, 0.4) is 0 Å². The average Bonchev–Trinajstić information content (AvgIpc) is 2.19. The fraction of sp³-hybridized carbons (Fsp3) is 0.462. The van der Waals surface area contributed by atoms with Crippen molar-refractivity contribution in [2.24, 2.45) is 11.7 Å². The van der Waals surface area contributed by atoms with Crippen LogP contribution in [0.5, 0.6) is 0 Å². The number of nitrogens with zero attached hydrogens (tertiary/aromatic N) is 1. The van der Waals surface area contributed by atoms with E-state index in [0.717, 1.165) is 12.1 Å². The second-order valence-electron chi connectivity index (χ2n) is 4.66. The van der Waals surface area contributed by atoms with Gasteiger partial charge >= 0.3 is 0 Å². The zero-order valence-electron chi connectivity index (χ0n) is 10.3. The molecule has 0 radical (unpaired) electrons. The van der Waals surface area contributed by atoms with E-state index in [4.69, 9.17) is 5.73 Å². The predicted octanol–water partition coefficient (Wildman–Crippen LogP) is 1.77. The van der Waals surface area contributed by atoms with Gasteiger partial charge in [-0.05, 0) is 23.6 Å². The summed E-state index contributed by atoms with van der Waals surface area (Å²) in [6, 6.07) is 6.30. The Labute approximate surface area is 101 Å². The summed E-state index contributed by atoms with van der Waals surface area (Å²) in [5.41, 5.74) is 6.19. The third-order valence-corrected chi connectivity index (χ3v) is 2.32. The lowest BCUT2D eigenvalue weighted by molar-refractivity contribution is -0.119. The van der Waals surface area contributed by atoms with Gasteiger partial charge in [-0.2, -0.15) is 0 Å². The van der Waals surface area contributed by atoms with Crippen LogP contribution >= 0.6 is 0 Å². The normalized spacial score (nSPS) is 11.1. The summed E-state index contributed by atoms with van der Waals surface area (Å²) < 4.78 is 12.8. The van der Waals surface area contributed by atoms with Crippen LogP contribution in [0.2, 0.25) is 0 Å². The summed E-state index contributed by atoms with van der Waals surface area (Å²) in [5, 5.41) is 0. The molecule has 0 aliphatic rings. The van der Waals surface area contributed by atoms with Gasteiger partial charge in [0.2, 0.25) is 5.91 Å². The SMILES string of the molecule is CC(C)CN(CC(N)=O)Cc1ccc(F)cc1. The van der Waals surface area contributed by atoms with E-state index < -0.39 is 0 Å². The number of nitrogens with two attached hydrogens (primary N) is 1. The molecule has 0 bridgehead atoms. The summed E-state index contributed by atoms with van der Waals surface area (Å²) in [4.78, 5) is 12.9. The molecule has 4 heteroatoms. The maximum absolute atomic E-state index is 12.8. The van der Waals surface area contributed by atoms with E-state index >= 15 is 0 Å². The first kappa shape index (κ1) is 13.6. The number of primary amides is 1. The first-order chi connectivity index (χ1) is 7.97. The van der Waals surface area contributed by atoms with Crippen LogP contribution in [-0.4, -0.2) is 23.9 Å². The highest BCUT2D eigenvalue weighted by molar-refractivity contribution is 5.75. The summed E-state index contributed by atoms with van der Waals surface area (Å²) in [6.07, 6.45) is 0. The van der Waals surface area contributed by atoms with Gasteiger partial charge in [0.15, 0.2) is 0 Å². The minimum atomic E-state index is -0.340. The van der Waals surface area contributed by atoms with Gasteiger partial charge < -0.3 is 5.73 Å². The third-order valence-electron chi connectivity index (χ3n) is 2.32. The van der Waals surface area contributed by atoms with Crippen LogP contribution in [0.1, 0.15) is 19.4 Å². The largest absolute Gasteiger partial charge is 0.369 e. The van der Waals surface area contributed by atoms with Gasteiger partial charge in [0.1, 0.15) is 5.82 Å². The Morgan fingerprint density at radius 3 is 2.41 bits per heavy atom. The third kappa shape index (κ3) is 5.45. The Morgan fingerprint density at radius 2 is 1.94 bits per heavy atom. The lowest BCUT2D eigenvalue weighted by atomic mass is 10.1. The maximum Gasteiger partial charge on any atom is 0.231 e. The van der Waals surface area contributed by atoms with Gasteiger partial charge in [0, 0.05) is 13.1 Å². The Kier molecular flexibility index (Phi) is 5.10. The van der Waals surface area contributed by atoms with Crippen LogP contribution in [0.4, 0.5) is 4.39 Å². The van der Waals surface area contributed by atoms with Crippen molar-refractivity contribution < 1.29 is 9.18 Å². The van der Waals surface area contributed by atoms with E-state index in [1.54, 1.807) is 12.1 Å². The Bertz CT molecular complexity index is 362. The molecule has 1 rings (SSSR count). The number of amides is 1. The van der Waals surface area contributed by atoms with Crippen LogP contribution in [0.25, 0.3) is 0 Å². The highest BCUT2D eigenvalue weighted by Gasteiger charge is 2.10. The van der Waals surface area contributed by atoms with Crippen LogP contribution in [0.15, 0.2) is 24.3 Å². The summed E-state index contributed by atoms with van der Waals surface area (Å²) in [6.45, 7) is 5.80. The van der Waals surface area contributed by atoms with Crippen LogP contribution in [-0.2, 0) is 11.3 Å². The van der Waals surface area contributed by atoms with Gasteiger partial charge in [-0.25, -0.2) is 4.39 Å². The first-order valence-corrected chi connectivity index (χ1v) is 5.72. The van der Waals surface area contributed by atoms with E-state index in [-0.39, 0.29) is 18.3 Å². The average molecular weight is 238 g/mol. The number of carbonyl (C=O) groups excluding carboxylic acids is 1. The zero-order valence-corrected chi connectivity index (χ0v) is 10.3. The van der Waals surface area contributed by atoms with Gasteiger partial charge in [0.25, 0.3) is 0 Å². The van der Waals surface area contributed by atoms with Crippen LogP contribution in [0, 0.1) is 11.7 Å². The number of rotatable bonds is 6. The van der Waals surface area contributed by atoms with Gasteiger partial charge in [-0.1, -0.05) is 26.0 Å². The summed E-state index contributed by atoms with van der Waals surface area (Å²) >= 11 is 0. The molecule has 2 N–H and O–H groups in total. The molecular weight excluding hydrogens is 219 g/mol. The second-order valence-corrected chi connectivity index (χ2v) is 4.66. The van der Waals surface area contributed by atoms with Crippen molar-refractivity contribution in [3.05, 3.63) is 35.6 Å². The number of hydrogen-bond acceptors (Lipinski definition) is 2. The molecule has 3 nitrogen and oxygen atoms in total. The number of carbonyl (C=O) groups is 1. The summed E-state index contributed by atoms with van der Waals surface area (Å²) in [5.74, 6) is -0.137. The number of benzene rings is 1. The quantitative estimate of drug-likeness (QED) is 0.821. The Hall–Kier alpha value is -1.42. The van der Waals surface area contributed by atoms with Crippen LogP contribution < -0.4 is 5.73 Å². The van der Waals surface area contributed by atoms with E-state index in [1.165, 1.54) is 12.1 Å². The van der Waals surface area contributed by atoms with Crippen molar-refractivity contribution in [2.75, 3.05) is 13.1 Å². The monoisotopic (exact) mass is 238 g/mol. The summed E-state index contributed by atoms with van der Waals surface area (Å²) in [7, 11) is 0. The van der Waals surface area contributed by atoms with Gasteiger partial charge in [0.05, 0.1) is 6.54 Å². The highest BCUT2D eigenvalue weighted by atomic mass is 19.1. The highest BCUT2D eigenvalue weighted by Crippen LogP contribution is 2.08. The molecular formula is C13H19FN2O. The molecule has 0 aliphatic carbocycles. The molecule has 0 aromatic heterocycles. The van der Waals surface area contributed by atoms with Crippen molar-refractivity contribution in [2.45, 2.75) is 20.4 Å². The molecule has 0 saturated heterocycles. The zero-order chi connectivity index (χ0) is 12.8. The molecule has 0 atom stereocenters. The topological polar surface area (TPSA) is 46.3 Å². The fourth-order valence-electron chi connectivity index (χ4n) is 1.77. The Morgan fingerprint density at radius 1 is 1.35 bits per heavy atom. The minimum absolute atomic E-state index is 0.232. The van der Waals surface area contributed by atoms with E-state index in [2.05, 4.69) is 13.8 Å². The standard InChI is InChI=1S/C13H19FN2O/c1-10(2)7-16(9-13(15)17)8-11-3-5-12(14)6-4-11/h3-6,10H,7-9H2,1-2H3,(H2,15,17). The molecule has 1 aromatic carbocycles. The van der Waals surface area contributed by atoms with Crippen molar-refractivity contribution in [1.29, 1.82) is 0 Å². The fourth-order valence-corrected chi connectivity index (χ4v) is 1.77.